The molecule has 1 aromatic carbocycles. The Bertz CT molecular complexity index is 1610. The van der Waals surface area contributed by atoms with Crippen molar-refractivity contribution in [2.75, 3.05) is 31.7 Å². The van der Waals surface area contributed by atoms with Crippen LogP contribution in [-0.2, 0) is 15.5 Å². The Balaban J connectivity index is 1.46. The van der Waals surface area contributed by atoms with E-state index in [0.717, 1.165) is 51.3 Å². The minimum absolute atomic E-state index is 0.0512. The molecule has 0 saturated heterocycles. The number of rotatable bonds is 11. The number of halogens is 3. The Kier molecular flexibility index (Phi) is 10.7. The van der Waals surface area contributed by atoms with Crippen molar-refractivity contribution in [1.29, 1.82) is 0 Å². The van der Waals surface area contributed by atoms with Gasteiger partial charge in [-0.1, -0.05) is 6.07 Å². The fourth-order valence-corrected chi connectivity index (χ4v) is 7.20. The molecule has 0 aliphatic heterocycles. The first-order valence-electron chi connectivity index (χ1n) is 15.3. The minimum atomic E-state index is -4.76. The van der Waals surface area contributed by atoms with Gasteiger partial charge in [-0.05, 0) is 85.2 Å². The first-order valence-corrected chi connectivity index (χ1v) is 17.9. The molecule has 11 nitrogen and oxygen atoms in total. The maximum Gasteiger partial charge on any atom is 0.419 e. The van der Waals surface area contributed by atoms with Crippen LogP contribution in [0, 0.1) is 0 Å². The number of ether oxygens (including phenoxy) is 1. The lowest BCUT2D eigenvalue weighted by Gasteiger charge is -2.30. The second-order valence-corrected chi connectivity index (χ2v) is 16.1. The summed E-state index contributed by atoms with van der Waals surface area (Å²) in [6.07, 6.45) is 1.92. The van der Waals surface area contributed by atoms with Crippen LogP contribution in [0.5, 0.6) is 0 Å². The molecule has 3 aromatic rings. The van der Waals surface area contributed by atoms with E-state index < -0.39 is 36.5 Å². The fourth-order valence-electron chi connectivity index (χ4n) is 5.73. The standard InChI is InChI=1S/C31H42F3N6O5P/c1-30(2,3)45-29(43)36-14-7-6-13-35-18-9-8-10-19(15-18)39-28-38-17-23(31(32,33)34)24(40-28)22-16-37-25-20(22)11-12-21(27(41)42)26(25)46(4,5)44/h11-12,16-19,35,37H,6-10,13-15H2,1-5H3,(H,36,43)(H,41,42)(H,38,39,40)/t18-,19-/m0/s1. The predicted molar refractivity (Wildman–Crippen MR) is 172 cm³/mol. The molecule has 0 spiro atoms. The van der Waals surface area contributed by atoms with Gasteiger partial charge >= 0.3 is 18.2 Å². The number of fused-ring (bicyclic) bond motifs is 1. The number of hydrogen-bond donors (Lipinski definition) is 5. The lowest BCUT2D eigenvalue weighted by atomic mass is 9.91. The van der Waals surface area contributed by atoms with E-state index in [1.54, 1.807) is 0 Å². The smallest absolute Gasteiger partial charge is 0.419 e. The normalized spacial score (nSPS) is 17.6. The fraction of sp³-hybridized carbons (Fsp3) is 0.548. The van der Waals surface area contributed by atoms with Crippen molar-refractivity contribution in [1.82, 2.24) is 25.6 Å². The first-order chi connectivity index (χ1) is 21.4. The summed E-state index contributed by atoms with van der Waals surface area (Å²) < 4.78 is 60.8. The molecular weight excluding hydrogens is 624 g/mol. The molecule has 0 unspecified atom stereocenters. The van der Waals surface area contributed by atoms with Crippen LogP contribution in [-0.4, -0.2) is 76.2 Å². The van der Waals surface area contributed by atoms with Gasteiger partial charge in [0.15, 0.2) is 0 Å². The number of alkyl carbamates (subject to hydrolysis) is 1. The molecule has 1 amide bonds. The second kappa shape index (κ2) is 14.0. The van der Waals surface area contributed by atoms with E-state index in [1.165, 1.54) is 31.7 Å². The average molecular weight is 667 g/mol. The van der Waals surface area contributed by atoms with Crippen molar-refractivity contribution in [3.8, 4) is 11.3 Å². The van der Waals surface area contributed by atoms with Gasteiger partial charge in [0.05, 0.1) is 16.8 Å². The molecule has 1 aliphatic carbocycles. The number of hydrogen-bond acceptors (Lipinski definition) is 8. The molecule has 15 heteroatoms. The molecule has 2 atom stereocenters. The number of carboxylic acids is 1. The summed E-state index contributed by atoms with van der Waals surface area (Å²) in [5.74, 6) is -1.23. The molecule has 2 aromatic heterocycles. The van der Waals surface area contributed by atoms with Crippen LogP contribution in [0.25, 0.3) is 22.2 Å². The van der Waals surface area contributed by atoms with Crippen LogP contribution >= 0.6 is 7.14 Å². The van der Waals surface area contributed by atoms with Gasteiger partial charge in [0, 0.05) is 47.3 Å². The number of amides is 1. The van der Waals surface area contributed by atoms with E-state index in [1.807, 2.05) is 20.8 Å². The maximum absolute atomic E-state index is 14.2. The molecule has 1 aliphatic rings. The van der Waals surface area contributed by atoms with Crippen molar-refractivity contribution in [2.24, 2.45) is 0 Å². The number of aromatic amines is 1. The van der Waals surface area contributed by atoms with E-state index in [0.29, 0.717) is 6.54 Å². The van der Waals surface area contributed by atoms with Crippen LogP contribution in [0.3, 0.4) is 0 Å². The predicted octanol–water partition coefficient (Wildman–Crippen LogP) is 6.21. The number of nitrogens with zero attached hydrogens (tertiary/aromatic N) is 2. The largest absolute Gasteiger partial charge is 0.478 e. The SMILES string of the molecule is CC(C)(C)OC(=O)NCCCCN[C@H]1CCC[C@H](Nc2ncc(C(F)(F)F)c(-c3c[nH]c4c(P(C)(C)=O)c(C(=O)O)ccc34)n2)C1. The number of carbonyl (C=O) groups excluding carboxylic acids is 1. The summed E-state index contributed by atoms with van der Waals surface area (Å²) in [5.41, 5.74) is -1.82. The van der Waals surface area contributed by atoms with Crippen LogP contribution in [0.4, 0.5) is 23.9 Å². The van der Waals surface area contributed by atoms with Crippen molar-refractivity contribution in [3.05, 3.63) is 35.7 Å². The minimum Gasteiger partial charge on any atom is -0.478 e. The summed E-state index contributed by atoms with van der Waals surface area (Å²) in [6, 6.07) is 2.80. The summed E-state index contributed by atoms with van der Waals surface area (Å²) in [7, 11) is -3.15. The number of aromatic nitrogens is 3. The Hall–Kier alpha value is -3.64. The summed E-state index contributed by atoms with van der Waals surface area (Å²) in [6.45, 7) is 9.52. The van der Waals surface area contributed by atoms with E-state index in [9.17, 15) is 32.4 Å². The number of carbonyl (C=O) groups is 2. The maximum atomic E-state index is 14.2. The number of benzene rings is 1. The molecule has 1 fully saturated rings. The van der Waals surface area contributed by atoms with E-state index in [4.69, 9.17) is 4.74 Å². The van der Waals surface area contributed by atoms with Crippen molar-refractivity contribution < 1.29 is 37.2 Å². The Morgan fingerprint density at radius 1 is 1.11 bits per heavy atom. The number of H-pyrrole nitrogens is 1. The van der Waals surface area contributed by atoms with Gasteiger partial charge in [0.25, 0.3) is 0 Å². The lowest BCUT2D eigenvalue weighted by molar-refractivity contribution is -0.137. The van der Waals surface area contributed by atoms with E-state index >= 15 is 0 Å². The van der Waals surface area contributed by atoms with Crippen molar-refractivity contribution in [2.45, 2.75) is 83.2 Å². The summed E-state index contributed by atoms with van der Waals surface area (Å²) in [5, 5.41) is 19.5. The molecule has 252 valence electrons. The molecular formula is C31H42F3N6O5P. The molecule has 0 radical (unpaired) electrons. The zero-order chi connectivity index (χ0) is 33.9. The molecule has 0 bridgehead atoms. The molecule has 5 N–H and O–H groups in total. The summed E-state index contributed by atoms with van der Waals surface area (Å²) >= 11 is 0. The van der Waals surface area contributed by atoms with Crippen molar-refractivity contribution >= 4 is 41.4 Å². The van der Waals surface area contributed by atoms with Crippen LogP contribution in [0.1, 0.15) is 75.2 Å². The third-order valence-electron chi connectivity index (χ3n) is 7.66. The Labute approximate surface area is 265 Å². The third-order valence-corrected chi connectivity index (χ3v) is 9.20. The summed E-state index contributed by atoms with van der Waals surface area (Å²) in [4.78, 5) is 34.8. The number of anilines is 1. The number of nitrogens with one attached hydrogen (secondary N) is 4. The third kappa shape index (κ3) is 9.00. The van der Waals surface area contributed by atoms with Gasteiger partial charge in [-0.15, -0.1) is 0 Å². The highest BCUT2D eigenvalue weighted by Crippen LogP contribution is 2.43. The van der Waals surface area contributed by atoms with Crippen molar-refractivity contribution in [3.63, 3.8) is 0 Å². The quantitative estimate of drug-likeness (QED) is 0.119. The first kappa shape index (κ1) is 35.2. The average Bonchev–Trinajstić information content (AvgIpc) is 3.36. The highest BCUT2D eigenvalue weighted by atomic mass is 31.2. The van der Waals surface area contributed by atoms with Gasteiger partial charge in [0.2, 0.25) is 5.95 Å². The molecule has 46 heavy (non-hydrogen) atoms. The van der Waals surface area contributed by atoms with Crippen LogP contribution < -0.4 is 21.3 Å². The number of unbranched alkanes of at least 4 members (excludes halogenated alkanes) is 1. The van der Waals surface area contributed by atoms with Crippen LogP contribution in [0.15, 0.2) is 24.5 Å². The lowest BCUT2D eigenvalue weighted by Crippen LogP contribution is -2.39. The molecule has 4 rings (SSSR count). The van der Waals surface area contributed by atoms with Crippen LogP contribution in [0.2, 0.25) is 0 Å². The van der Waals surface area contributed by atoms with Gasteiger partial charge in [0.1, 0.15) is 18.3 Å². The highest BCUT2D eigenvalue weighted by molar-refractivity contribution is 7.70. The van der Waals surface area contributed by atoms with Gasteiger partial charge in [-0.3, -0.25) is 0 Å². The van der Waals surface area contributed by atoms with E-state index in [2.05, 4.69) is 30.9 Å². The van der Waals surface area contributed by atoms with Gasteiger partial charge in [-0.25, -0.2) is 19.6 Å². The molecule has 2 heterocycles. The van der Waals surface area contributed by atoms with E-state index in [-0.39, 0.29) is 51.1 Å². The zero-order valence-electron chi connectivity index (χ0n) is 26.7. The molecule has 1 saturated carbocycles. The number of alkyl halides is 3. The highest BCUT2D eigenvalue weighted by Gasteiger charge is 2.37. The number of aromatic carboxylic acids is 1. The second-order valence-electron chi connectivity index (χ2n) is 13.0. The monoisotopic (exact) mass is 666 g/mol. The topological polar surface area (TPSA) is 158 Å². The Morgan fingerprint density at radius 2 is 1.80 bits per heavy atom. The number of carboxylic acid groups (broad SMARTS) is 1. The zero-order valence-corrected chi connectivity index (χ0v) is 27.6. The Morgan fingerprint density at radius 3 is 2.46 bits per heavy atom. The van der Waals surface area contributed by atoms with Gasteiger partial charge in [-0.2, -0.15) is 13.2 Å². The van der Waals surface area contributed by atoms with Gasteiger partial charge < -0.3 is 35.3 Å².